The number of hydrogen-bond acceptors (Lipinski definition) is 3. The number of benzene rings is 2. The van der Waals surface area contributed by atoms with E-state index in [1.807, 2.05) is 43.4 Å². The molecule has 1 aliphatic carbocycles. The van der Waals surface area contributed by atoms with Crippen LogP contribution in [0.15, 0.2) is 48.5 Å². The van der Waals surface area contributed by atoms with Crippen molar-refractivity contribution in [1.29, 1.82) is 0 Å². The maximum absolute atomic E-state index is 12.3. The molecule has 0 atom stereocenters. The van der Waals surface area contributed by atoms with Crippen LogP contribution in [0.2, 0.25) is 0 Å². The number of ether oxygens (including phenoxy) is 1. The van der Waals surface area contributed by atoms with Gasteiger partial charge in [-0.05, 0) is 18.2 Å². The Morgan fingerprint density at radius 1 is 1.09 bits per heavy atom. The Morgan fingerprint density at radius 2 is 1.64 bits per heavy atom. The topological polar surface area (TPSA) is 41.6 Å². The third kappa shape index (κ3) is 2.57. The van der Waals surface area contributed by atoms with E-state index in [-0.39, 0.29) is 12.2 Å². The van der Waals surface area contributed by atoms with Crippen molar-refractivity contribution in [3.05, 3.63) is 59.7 Å². The summed E-state index contributed by atoms with van der Waals surface area (Å²) in [5, 5.41) is 3.03. The molecule has 114 valence electrons. The first-order valence-electron chi connectivity index (χ1n) is 7.47. The number of carbonyl (C=O) groups excluding carboxylic acids is 1. The van der Waals surface area contributed by atoms with Crippen molar-refractivity contribution in [2.45, 2.75) is 6.10 Å². The van der Waals surface area contributed by atoms with Crippen LogP contribution in [-0.4, -0.2) is 38.2 Å². The second-order valence-corrected chi connectivity index (χ2v) is 5.46. The van der Waals surface area contributed by atoms with Crippen LogP contribution in [0.5, 0.6) is 0 Å². The third-order valence-corrected chi connectivity index (χ3v) is 4.00. The molecule has 1 aliphatic rings. The van der Waals surface area contributed by atoms with Crippen LogP contribution < -0.4 is 5.32 Å². The van der Waals surface area contributed by atoms with E-state index in [9.17, 15) is 4.79 Å². The van der Waals surface area contributed by atoms with E-state index in [4.69, 9.17) is 4.74 Å². The van der Waals surface area contributed by atoms with E-state index >= 15 is 0 Å². The van der Waals surface area contributed by atoms with Crippen molar-refractivity contribution < 1.29 is 9.53 Å². The molecular formula is C18H20N2O2. The van der Waals surface area contributed by atoms with Crippen molar-refractivity contribution in [2.24, 2.45) is 0 Å². The van der Waals surface area contributed by atoms with E-state index in [2.05, 4.69) is 17.4 Å². The number of fused-ring (bicyclic) bond motifs is 3. The number of carbonyl (C=O) groups is 1. The van der Waals surface area contributed by atoms with Crippen molar-refractivity contribution >= 4 is 6.09 Å². The standard InChI is InChI=1S/C18H20N2O2/c1-19-11-12-20(2)18(21)22-17-15-9-5-3-7-13(15)14-8-4-6-10-16(14)17/h3-10,17,19H,11-12H2,1-2H3. The maximum Gasteiger partial charge on any atom is 0.410 e. The van der Waals surface area contributed by atoms with E-state index in [1.165, 1.54) is 0 Å². The highest BCUT2D eigenvalue weighted by atomic mass is 16.6. The van der Waals surface area contributed by atoms with E-state index in [1.54, 1.807) is 11.9 Å². The highest BCUT2D eigenvalue weighted by Gasteiger charge is 2.31. The lowest BCUT2D eigenvalue weighted by molar-refractivity contribution is 0.0866. The quantitative estimate of drug-likeness (QED) is 0.943. The maximum atomic E-state index is 12.3. The van der Waals surface area contributed by atoms with Crippen molar-refractivity contribution in [3.63, 3.8) is 0 Å². The molecule has 0 saturated heterocycles. The van der Waals surface area contributed by atoms with Gasteiger partial charge in [-0.15, -0.1) is 0 Å². The summed E-state index contributed by atoms with van der Waals surface area (Å²) in [6.07, 6.45) is -0.622. The molecule has 0 fully saturated rings. The van der Waals surface area contributed by atoms with Crippen LogP contribution in [0, 0.1) is 0 Å². The number of amides is 1. The summed E-state index contributed by atoms with van der Waals surface area (Å²) in [7, 11) is 3.62. The molecule has 4 heteroatoms. The molecule has 1 amide bonds. The van der Waals surface area contributed by atoms with Gasteiger partial charge < -0.3 is 15.0 Å². The Bertz CT molecular complexity index is 639. The Hall–Kier alpha value is -2.33. The number of rotatable bonds is 4. The van der Waals surface area contributed by atoms with Crippen molar-refractivity contribution in [2.75, 3.05) is 27.2 Å². The lowest BCUT2D eigenvalue weighted by Gasteiger charge is -2.21. The normalized spacial score (nSPS) is 12.6. The minimum absolute atomic E-state index is 0.299. The zero-order valence-corrected chi connectivity index (χ0v) is 12.9. The zero-order chi connectivity index (χ0) is 15.5. The molecule has 0 bridgehead atoms. The van der Waals surface area contributed by atoms with E-state index in [0.29, 0.717) is 6.54 Å². The van der Waals surface area contributed by atoms with Gasteiger partial charge >= 0.3 is 6.09 Å². The van der Waals surface area contributed by atoms with E-state index < -0.39 is 0 Å². The number of likely N-dealkylation sites (N-methyl/N-ethyl adjacent to an activating group) is 2. The number of nitrogens with one attached hydrogen (secondary N) is 1. The highest BCUT2D eigenvalue weighted by Crippen LogP contribution is 2.45. The minimum atomic E-state index is -0.322. The molecule has 1 N–H and O–H groups in total. The summed E-state index contributed by atoms with van der Waals surface area (Å²) in [6, 6.07) is 16.2. The summed E-state index contributed by atoms with van der Waals surface area (Å²) in [5.41, 5.74) is 4.40. The van der Waals surface area contributed by atoms with Gasteiger partial charge in [0, 0.05) is 31.3 Å². The average Bonchev–Trinajstić information content (AvgIpc) is 2.87. The molecular weight excluding hydrogens is 276 g/mol. The molecule has 3 rings (SSSR count). The molecule has 0 aromatic heterocycles. The first-order valence-corrected chi connectivity index (χ1v) is 7.47. The van der Waals surface area contributed by atoms with Crippen LogP contribution in [0.25, 0.3) is 11.1 Å². The highest BCUT2D eigenvalue weighted by molar-refractivity contribution is 5.79. The second kappa shape index (κ2) is 6.20. The molecule has 2 aromatic rings. The van der Waals surface area contributed by atoms with Gasteiger partial charge in [-0.1, -0.05) is 48.5 Å². The summed E-state index contributed by atoms with van der Waals surface area (Å²) in [4.78, 5) is 13.9. The Morgan fingerprint density at radius 3 is 2.18 bits per heavy atom. The van der Waals surface area contributed by atoms with Gasteiger partial charge in [-0.2, -0.15) is 0 Å². The molecule has 0 saturated carbocycles. The number of nitrogens with zero attached hydrogens (tertiary/aromatic N) is 1. The molecule has 0 spiro atoms. The summed E-state index contributed by atoms with van der Waals surface area (Å²) < 4.78 is 5.78. The molecule has 22 heavy (non-hydrogen) atoms. The number of hydrogen-bond donors (Lipinski definition) is 1. The fraction of sp³-hybridized carbons (Fsp3) is 0.278. The van der Waals surface area contributed by atoms with Crippen LogP contribution in [0.3, 0.4) is 0 Å². The smallest absolute Gasteiger partial charge is 0.410 e. The molecule has 0 heterocycles. The Balaban J connectivity index is 1.86. The van der Waals surface area contributed by atoms with Crippen LogP contribution >= 0.6 is 0 Å². The van der Waals surface area contributed by atoms with Gasteiger partial charge in [-0.25, -0.2) is 4.79 Å². The summed E-state index contributed by atoms with van der Waals surface area (Å²) >= 11 is 0. The fourth-order valence-corrected chi connectivity index (χ4v) is 2.80. The van der Waals surface area contributed by atoms with Crippen molar-refractivity contribution in [1.82, 2.24) is 10.2 Å². The minimum Gasteiger partial charge on any atom is -0.436 e. The monoisotopic (exact) mass is 296 g/mol. The second-order valence-electron chi connectivity index (χ2n) is 5.46. The van der Waals surface area contributed by atoms with Gasteiger partial charge in [0.1, 0.15) is 0 Å². The average molecular weight is 296 g/mol. The molecule has 0 unspecified atom stereocenters. The largest absolute Gasteiger partial charge is 0.436 e. The van der Waals surface area contributed by atoms with E-state index in [0.717, 1.165) is 28.8 Å². The molecule has 0 aliphatic heterocycles. The molecule has 4 nitrogen and oxygen atoms in total. The lowest BCUT2D eigenvalue weighted by Crippen LogP contribution is -2.33. The predicted molar refractivity (Wildman–Crippen MR) is 86.8 cm³/mol. The van der Waals surface area contributed by atoms with Crippen LogP contribution in [-0.2, 0) is 4.74 Å². The van der Waals surface area contributed by atoms with Gasteiger partial charge in [0.25, 0.3) is 0 Å². The Kier molecular flexibility index (Phi) is 4.11. The molecule has 2 aromatic carbocycles. The first-order chi connectivity index (χ1) is 10.7. The lowest BCUT2D eigenvalue weighted by atomic mass is 10.1. The predicted octanol–water partition coefficient (Wildman–Crippen LogP) is 3.04. The Labute approximate surface area is 130 Å². The van der Waals surface area contributed by atoms with Gasteiger partial charge in [-0.3, -0.25) is 0 Å². The SMILES string of the molecule is CNCCN(C)C(=O)OC1c2ccccc2-c2ccccc21. The van der Waals surface area contributed by atoms with Gasteiger partial charge in [0.15, 0.2) is 6.10 Å². The van der Waals surface area contributed by atoms with Gasteiger partial charge in [0.05, 0.1) is 0 Å². The van der Waals surface area contributed by atoms with Crippen LogP contribution in [0.4, 0.5) is 4.79 Å². The van der Waals surface area contributed by atoms with Crippen molar-refractivity contribution in [3.8, 4) is 11.1 Å². The zero-order valence-electron chi connectivity index (χ0n) is 12.9. The first kappa shape index (κ1) is 14.6. The fourth-order valence-electron chi connectivity index (χ4n) is 2.80. The van der Waals surface area contributed by atoms with Crippen LogP contribution in [0.1, 0.15) is 17.2 Å². The third-order valence-electron chi connectivity index (χ3n) is 4.00. The summed E-state index contributed by atoms with van der Waals surface area (Å²) in [5.74, 6) is 0. The molecule has 0 radical (unpaired) electrons. The van der Waals surface area contributed by atoms with Gasteiger partial charge in [0.2, 0.25) is 0 Å². The summed E-state index contributed by atoms with van der Waals surface area (Å²) in [6.45, 7) is 1.36.